The molecule has 0 spiro atoms. The molecule has 0 fully saturated rings. The molecular formula is C20H23N2O4+. The molecule has 6 nitrogen and oxygen atoms in total. The Labute approximate surface area is 153 Å². The van der Waals surface area contributed by atoms with Gasteiger partial charge in [0.15, 0.2) is 11.5 Å². The van der Waals surface area contributed by atoms with Gasteiger partial charge < -0.3 is 19.3 Å². The number of nitrogens with one attached hydrogen (secondary N) is 1. The van der Waals surface area contributed by atoms with Crippen LogP contribution >= 0.6 is 0 Å². The molecule has 2 N–H and O–H groups in total. The first-order valence-corrected chi connectivity index (χ1v) is 8.23. The highest BCUT2D eigenvalue weighted by Gasteiger charge is 2.24. The Morgan fingerprint density at radius 1 is 1.12 bits per heavy atom. The van der Waals surface area contributed by atoms with Gasteiger partial charge in [0, 0.05) is 5.56 Å². The zero-order chi connectivity index (χ0) is 19.2. The SMILES string of the molecule is C[N+](C)(C)CC(CC(=O)O)NC(=O)c1ccc(C#Cc2ccccc2)o1. The summed E-state index contributed by atoms with van der Waals surface area (Å²) in [5, 5.41) is 11.8. The summed E-state index contributed by atoms with van der Waals surface area (Å²) in [5.41, 5.74) is 0.847. The molecule has 1 atom stereocenters. The predicted octanol–water partition coefficient (Wildman–Crippen LogP) is 1.96. The number of furan rings is 1. The molecule has 1 aromatic heterocycles. The molecule has 0 saturated carbocycles. The molecule has 0 aliphatic rings. The monoisotopic (exact) mass is 355 g/mol. The first-order chi connectivity index (χ1) is 12.2. The molecule has 0 aliphatic carbocycles. The predicted molar refractivity (Wildman–Crippen MR) is 97.5 cm³/mol. The van der Waals surface area contributed by atoms with E-state index in [1.165, 1.54) is 6.07 Å². The Morgan fingerprint density at radius 2 is 1.81 bits per heavy atom. The van der Waals surface area contributed by atoms with E-state index in [0.29, 0.717) is 16.8 Å². The molecule has 1 heterocycles. The fraction of sp³-hybridized carbons (Fsp3) is 0.300. The van der Waals surface area contributed by atoms with Crippen LogP contribution in [0, 0.1) is 11.8 Å². The third-order valence-electron chi connectivity index (χ3n) is 3.46. The summed E-state index contributed by atoms with van der Waals surface area (Å²) >= 11 is 0. The van der Waals surface area contributed by atoms with Gasteiger partial charge in [-0.2, -0.15) is 0 Å². The summed E-state index contributed by atoms with van der Waals surface area (Å²) in [7, 11) is 5.81. The zero-order valence-electron chi connectivity index (χ0n) is 15.2. The lowest BCUT2D eigenvalue weighted by Gasteiger charge is -2.28. The number of amides is 1. The molecule has 1 amide bonds. The minimum Gasteiger partial charge on any atom is -0.481 e. The van der Waals surface area contributed by atoms with E-state index in [0.717, 1.165) is 5.56 Å². The van der Waals surface area contributed by atoms with Crippen LogP contribution in [0.4, 0.5) is 0 Å². The van der Waals surface area contributed by atoms with E-state index in [9.17, 15) is 9.59 Å². The summed E-state index contributed by atoms with van der Waals surface area (Å²) < 4.78 is 6.00. The van der Waals surface area contributed by atoms with Gasteiger partial charge in [0.05, 0.1) is 40.2 Å². The van der Waals surface area contributed by atoms with E-state index < -0.39 is 17.9 Å². The van der Waals surface area contributed by atoms with Crippen molar-refractivity contribution in [2.45, 2.75) is 12.5 Å². The lowest BCUT2D eigenvalue weighted by atomic mass is 10.2. The van der Waals surface area contributed by atoms with Crippen molar-refractivity contribution in [1.82, 2.24) is 5.32 Å². The highest BCUT2D eigenvalue weighted by atomic mass is 16.4. The molecule has 26 heavy (non-hydrogen) atoms. The van der Waals surface area contributed by atoms with Crippen molar-refractivity contribution in [3.8, 4) is 11.8 Å². The first-order valence-electron chi connectivity index (χ1n) is 8.23. The molecule has 6 heteroatoms. The maximum atomic E-state index is 12.4. The van der Waals surface area contributed by atoms with Crippen molar-refractivity contribution >= 4 is 11.9 Å². The lowest BCUT2D eigenvalue weighted by molar-refractivity contribution is -0.871. The van der Waals surface area contributed by atoms with E-state index >= 15 is 0 Å². The van der Waals surface area contributed by atoms with Gasteiger partial charge in [-0.05, 0) is 30.2 Å². The van der Waals surface area contributed by atoms with E-state index in [-0.39, 0.29) is 12.2 Å². The second kappa shape index (κ2) is 8.37. The van der Waals surface area contributed by atoms with Crippen molar-refractivity contribution in [3.63, 3.8) is 0 Å². The number of carboxylic acids is 1. The largest absolute Gasteiger partial charge is 0.481 e. The molecule has 0 saturated heterocycles. The van der Waals surface area contributed by atoms with Crippen LogP contribution in [0.3, 0.4) is 0 Å². The fourth-order valence-corrected chi connectivity index (χ4v) is 2.47. The van der Waals surface area contributed by atoms with Crippen molar-refractivity contribution < 1.29 is 23.6 Å². The van der Waals surface area contributed by atoms with Crippen LogP contribution in [-0.4, -0.2) is 55.2 Å². The van der Waals surface area contributed by atoms with Crippen LogP contribution < -0.4 is 5.32 Å². The molecule has 2 aromatic rings. The number of carbonyl (C=O) groups excluding carboxylic acids is 1. The third-order valence-corrected chi connectivity index (χ3v) is 3.46. The normalized spacial score (nSPS) is 12.0. The topological polar surface area (TPSA) is 79.5 Å². The van der Waals surface area contributed by atoms with Crippen LogP contribution in [0.25, 0.3) is 0 Å². The Hall–Kier alpha value is -3.04. The summed E-state index contributed by atoms with van der Waals surface area (Å²) in [4.78, 5) is 23.4. The smallest absolute Gasteiger partial charge is 0.305 e. The minimum atomic E-state index is -0.961. The van der Waals surface area contributed by atoms with Crippen molar-refractivity contribution in [2.24, 2.45) is 0 Å². The molecule has 1 unspecified atom stereocenters. The Balaban J connectivity index is 2.06. The van der Waals surface area contributed by atoms with E-state index in [2.05, 4.69) is 17.2 Å². The Morgan fingerprint density at radius 3 is 2.42 bits per heavy atom. The number of hydrogen-bond donors (Lipinski definition) is 2. The highest BCUT2D eigenvalue weighted by molar-refractivity contribution is 5.92. The molecule has 0 bridgehead atoms. The number of carbonyl (C=O) groups is 2. The number of aliphatic carboxylic acids is 1. The second-order valence-electron chi connectivity index (χ2n) is 7.02. The second-order valence-corrected chi connectivity index (χ2v) is 7.02. The number of likely N-dealkylation sites (N-methyl/N-ethyl adjacent to an activating group) is 1. The third kappa shape index (κ3) is 6.46. The van der Waals surface area contributed by atoms with Crippen LogP contribution in [0.1, 0.15) is 28.3 Å². The maximum absolute atomic E-state index is 12.4. The number of quaternary nitrogens is 1. The van der Waals surface area contributed by atoms with Gasteiger partial charge in [-0.1, -0.05) is 24.1 Å². The summed E-state index contributed by atoms with van der Waals surface area (Å²) in [6, 6.07) is 12.1. The zero-order valence-corrected chi connectivity index (χ0v) is 15.2. The molecule has 1 aromatic carbocycles. The van der Waals surface area contributed by atoms with Crippen LogP contribution in [0.15, 0.2) is 46.9 Å². The Bertz CT molecular complexity index is 823. The first kappa shape index (κ1) is 19.3. The van der Waals surface area contributed by atoms with E-state index in [4.69, 9.17) is 9.52 Å². The molecule has 2 rings (SSSR count). The molecule has 0 radical (unpaired) electrons. The van der Waals surface area contributed by atoms with E-state index in [1.54, 1.807) is 6.07 Å². The summed E-state index contributed by atoms with van der Waals surface area (Å²) in [6.07, 6.45) is -0.150. The van der Waals surface area contributed by atoms with Crippen molar-refractivity contribution in [3.05, 3.63) is 59.5 Å². The van der Waals surface area contributed by atoms with Gasteiger partial charge >= 0.3 is 5.97 Å². The average Bonchev–Trinajstić information content (AvgIpc) is 3.00. The molecule has 136 valence electrons. The molecular weight excluding hydrogens is 332 g/mol. The highest BCUT2D eigenvalue weighted by Crippen LogP contribution is 2.09. The van der Waals surface area contributed by atoms with Crippen molar-refractivity contribution in [2.75, 3.05) is 27.7 Å². The van der Waals surface area contributed by atoms with Crippen molar-refractivity contribution in [1.29, 1.82) is 0 Å². The lowest BCUT2D eigenvalue weighted by Crippen LogP contribution is -2.49. The van der Waals surface area contributed by atoms with Crippen LogP contribution in [0.5, 0.6) is 0 Å². The van der Waals surface area contributed by atoms with Gasteiger partial charge in [-0.25, -0.2) is 0 Å². The van der Waals surface area contributed by atoms with Gasteiger partial charge in [0.1, 0.15) is 0 Å². The van der Waals surface area contributed by atoms with Gasteiger partial charge in [0.2, 0.25) is 0 Å². The number of carboxylic acid groups (broad SMARTS) is 1. The maximum Gasteiger partial charge on any atom is 0.305 e. The van der Waals surface area contributed by atoms with Crippen LogP contribution in [-0.2, 0) is 4.79 Å². The number of benzene rings is 1. The number of nitrogens with zero attached hydrogens (tertiary/aromatic N) is 1. The standard InChI is InChI=1S/C20H22N2O4/c1-22(2,3)14-16(13-19(23)24)21-20(25)18-12-11-17(26-18)10-9-15-7-5-4-6-8-15/h4-8,11-12,16H,13-14H2,1-3H3,(H-,21,23,24,25)/p+1. The van der Waals surface area contributed by atoms with Gasteiger partial charge in [-0.15, -0.1) is 0 Å². The van der Waals surface area contributed by atoms with Gasteiger partial charge in [-0.3, -0.25) is 9.59 Å². The number of rotatable bonds is 6. The fourth-order valence-electron chi connectivity index (χ4n) is 2.47. The molecule has 0 aliphatic heterocycles. The van der Waals surface area contributed by atoms with E-state index in [1.807, 2.05) is 51.5 Å². The average molecular weight is 355 g/mol. The summed E-state index contributed by atoms with van der Waals surface area (Å²) in [6.45, 7) is 0.486. The minimum absolute atomic E-state index is 0.110. The van der Waals surface area contributed by atoms with Gasteiger partial charge in [0.25, 0.3) is 5.91 Å². The quantitative estimate of drug-likeness (QED) is 0.613. The Kier molecular flexibility index (Phi) is 6.21. The summed E-state index contributed by atoms with van der Waals surface area (Å²) in [5.74, 6) is 4.90. The van der Waals surface area contributed by atoms with Crippen LogP contribution in [0.2, 0.25) is 0 Å². The number of hydrogen-bond acceptors (Lipinski definition) is 3.